The van der Waals surface area contributed by atoms with Crippen LogP contribution >= 0.6 is 0 Å². The van der Waals surface area contributed by atoms with Gasteiger partial charge in [0.2, 0.25) is 0 Å². The van der Waals surface area contributed by atoms with Crippen LogP contribution in [-0.2, 0) is 6.54 Å². The summed E-state index contributed by atoms with van der Waals surface area (Å²) in [6, 6.07) is 2.85. The molecule has 1 aromatic rings. The number of aromatic nitrogens is 1. The summed E-state index contributed by atoms with van der Waals surface area (Å²) >= 11 is 0. The van der Waals surface area contributed by atoms with Crippen molar-refractivity contribution in [1.82, 2.24) is 4.57 Å². The van der Waals surface area contributed by atoms with Crippen LogP contribution in [0.1, 0.15) is 17.3 Å². The third-order valence-corrected chi connectivity index (χ3v) is 1.57. The van der Waals surface area contributed by atoms with Gasteiger partial charge >= 0.3 is 0 Å². The van der Waals surface area contributed by atoms with Crippen LogP contribution in [0.4, 0.5) is 0 Å². The molecule has 0 amide bonds. The van der Waals surface area contributed by atoms with Crippen LogP contribution < -0.4 is 5.56 Å². The molecule has 0 N–H and O–H groups in total. The third-order valence-electron chi connectivity index (χ3n) is 1.57. The van der Waals surface area contributed by atoms with E-state index in [1.165, 1.54) is 22.9 Å². The minimum Gasteiger partial charge on any atom is -0.303 e. The van der Waals surface area contributed by atoms with Crippen molar-refractivity contribution in [1.29, 1.82) is 0 Å². The normalized spacial score (nSPS) is 8.69. The maximum atomic E-state index is 11.2. The molecule has 0 saturated heterocycles. The van der Waals surface area contributed by atoms with Gasteiger partial charge < -0.3 is 4.57 Å². The molecule has 0 aliphatic rings. The second-order valence-corrected chi connectivity index (χ2v) is 2.47. The summed E-state index contributed by atoms with van der Waals surface area (Å²) in [4.78, 5) is 21.6. The van der Waals surface area contributed by atoms with Crippen molar-refractivity contribution in [3.63, 3.8) is 0 Å². The average Bonchev–Trinajstić information content (AvgIpc) is 2.17. The SMILES string of the molecule is CC#CCn1cc(C=O)ccc1=O. The summed E-state index contributed by atoms with van der Waals surface area (Å²) in [7, 11) is 0. The van der Waals surface area contributed by atoms with E-state index in [4.69, 9.17) is 0 Å². The first-order valence-corrected chi connectivity index (χ1v) is 3.83. The highest BCUT2D eigenvalue weighted by atomic mass is 16.1. The molecule has 1 aromatic heterocycles. The average molecular weight is 175 g/mol. The van der Waals surface area contributed by atoms with Gasteiger partial charge in [0.1, 0.15) is 0 Å². The highest BCUT2D eigenvalue weighted by Gasteiger charge is 1.94. The molecular weight excluding hydrogens is 166 g/mol. The van der Waals surface area contributed by atoms with Crippen molar-refractivity contribution in [2.24, 2.45) is 0 Å². The van der Waals surface area contributed by atoms with E-state index in [1.54, 1.807) is 6.92 Å². The zero-order valence-electron chi connectivity index (χ0n) is 7.28. The molecule has 3 heteroatoms. The fraction of sp³-hybridized carbons (Fsp3) is 0.200. The summed E-state index contributed by atoms with van der Waals surface area (Å²) in [5, 5.41) is 0. The maximum absolute atomic E-state index is 11.2. The Morgan fingerprint density at radius 1 is 1.54 bits per heavy atom. The predicted octanol–water partition coefficient (Wildman–Crippen LogP) is 0.684. The summed E-state index contributed by atoms with van der Waals surface area (Å²) in [5.41, 5.74) is 0.339. The molecule has 0 atom stereocenters. The Balaban J connectivity index is 3.08. The van der Waals surface area contributed by atoms with Gasteiger partial charge in [-0.15, -0.1) is 5.92 Å². The van der Waals surface area contributed by atoms with E-state index >= 15 is 0 Å². The van der Waals surface area contributed by atoms with Crippen LogP contribution in [0, 0.1) is 11.8 Å². The quantitative estimate of drug-likeness (QED) is 0.490. The van der Waals surface area contributed by atoms with E-state index in [-0.39, 0.29) is 5.56 Å². The van der Waals surface area contributed by atoms with E-state index in [0.29, 0.717) is 18.4 Å². The van der Waals surface area contributed by atoms with Crippen molar-refractivity contribution >= 4 is 6.29 Å². The standard InChI is InChI=1S/C10H9NO2/c1-2-3-6-11-7-9(8-12)4-5-10(11)13/h4-5,7-8H,6H2,1H3. The van der Waals surface area contributed by atoms with Gasteiger partial charge in [0.05, 0.1) is 6.54 Å². The minimum absolute atomic E-state index is 0.145. The van der Waals surface area contributed by atoms with Gasteiger partial charge in [-0.05, 0) is 13.0 Å². The fourth-order valence-corrected chi connectivity index (χ4v) is 0.907. The first-order valence-electron chi connectivity index (χ1n) is 3.83. The number of carbonyl (C=O) groups excluding carboxylic acids is 1. The second-order valence-electron chi connectivity index (χ2n) is 2.47. The van der Waals surface area contributed by atoms with Crippen LogP contribution in [0.3, 0.4) is 0 Å². The first-order chi connectivity index (χ1) is 6.27. The van der Waals surface area contributed by atoms with Gasteiger partial charge in [-0.25, -0.2) is 0 Å². The number of nitrogens with zero attached hydrogens (tertiary/aromatic N) is 1. The van der Waals surface area contributed by atoms with Crippen molar-refractivity contribution in [2.45, 2.75) is 13.5 Å². The maximum Gasteiger partial charge on any atom is 0.251 e. The molecule has 1 rings (SSSR count). The summed E-state index contributed by atoms with van der Waals surface area (Å²) in [6.07, 6.45) is 2.20. The van der Waals surface area contributed by atoms with Crippen molar-refractivity contribution in [3.05, 3.63) is 34.2 Å². The van der Waals surface area contributed by atoms with Crippen LogP contribution in [-0.4, -0.2) is 10.9 Å². The molecule has 1 heterocycles. The van der Waals surface area contributed by atoms with Crippen LogP contribution in [0.2, 0.25) is 0 Å². The van der Waals surface area contributed by atoms with Crippen molar-refractivity contribution in [2.75, 3.05) is 0 Å². The van der Waals surface area contributed by atoms with Gasteiger partial charge in [0, 0.05) is 17.8 Å². The van der Waals surface area contributed by atoms with E-state index in [9.17, 15) is 9.59 Å². The second kappa shape index (κ2) is 4.27. The molecule has 0 aliphatic heterocycles. The van der Waals surface area contributed by atoms with E-state index in [1.807, 2.05) is 0 Å². The Hall–Kier alpha value is -1.82. The first kappa shape index (κ1) is 9.27. The summed E-state index contributed by atoms with van der Waals surface area (Å²) in [5.74, 6) is 5.44. The fourth-order valence-electron chi connectivity index (χ4n) is 0.907. The molecule has 0 spiro atoms. The Bertz CT molecular complexity index is 421. The van der Waals surface area contributed by atoms with E-state index < -0.39 is 0 Å². The molecular formula is C10H9NO2. The highest BCUT2D eigenvalue weighted by molar-refractivity contribution is 5.73. The van der Waals surface area contributed by atoms with Gasteiger partial charge in [-0.3, -0.25) is 9.59 Å². The number of hydrogen-bond acceptors (Lipinski definition) is 2. The number of aldehydes is 1. The van der Waals surface area contributed by atoms with E-state index in [0.717, 1.165) is 0 Å². The number of rotatable bonds is 2. The molecule has 0 radical (unpaired) electrons. The topological polar surface area (TPSA) is 39.1 Å². The van der Waals surface area contributed by atoms with Gasteiger partial charge in [-0.2, -0.15) is 0 Å². The molecule has 0 aromatic carbocycles. The zero-order chi connectivity index (χ0) is 9.68. The van der Waals surface area contributed by atoms with Crippen molar-refractivity contribution < 1.29 is 4.79 Å². The predicted molar refractivity (Wildman–Crippen MR) is 49.5 cm³/mol. The lowest BCUT2D eigenvalue weighted by Crippen LogP contribution is -2.18. The van der Waals surface area contributed by atoms with Crippen LogP contribution in [0.25, 0.3) is 0 Å². The Morgan fingerprint density at radius 2 is 2.31 bits per heavy atom. The molecule has 0 unspecified atom stereocenters. The number of carbonyl (C=O) groups is 1. The molecule has 0 fully saturated rings. The molecule has 0 bridgehead atoms. The van der Waals surface area contributed by atoms with Crippen molar-refractivity contribution in [3.8, 4) is 11.8 Å². The molecule has 3 nitrogen and oxygen atoms in total. The highest BCUT2D eigenvalue weighted by Crippen LogP contribution is 1.90. The van der Waals surface area contributed by atoms with Gasteiger partial charge in [0.25, 0.3) is 5.56 Å². The largest absolute Gasteiger partial charge is 0.303 e. The lowest BCUT2D eigenvalue weighted by Gasteiger charge is -1.99. The smallest absolute Gasteiger partial charge is 0.251 e. The monoisotopic (exact) mass is 175 g/mol. The number of hydrogen-bond donors (Lipinski definition) is 0. The zero-order valence-corrected chi connectivity index (χ0v) is 7.28. The molecule has 13 heavy (non-hydrogen) atoms. The van der Waals surface area contributed by atoms with Gasteiger partial charge in [0.15, 0.2) is 6.29 Å². The van der Waals surface area contributed by atoms with Crippen LogP contribution in [0.5, 0.6) is 0 Å². The molecule has 0 saturated carbocycles. The van der Waals surface area contributed by atoms with E-state index in [2.05, 4.69) is 11.8 Å². The lowest BCUT2D eigenvalue weighted by molar-refractivity contribution is 0.112. The number of pyridine rings is 1. The van der Waals surface area contributed by atoms with Crippen LogP contribution in [0.15, 0.2) is 23.1 Å². The van der Waals surface area contributed by atoms with Gasteiger partial charge in [-0.1, -0.05) is 5.92 Å². The summed E-state index contributed by atoms with van der Waals surface area (Å²) < 4.78 is 1.40. The lowest BCUT2D eigenvalue weighted by atomic mass is 10.3. The summed E-state index contributed by atoms with van der Waals surface area (Å²) in [6.45, 7) is 2.03. The Kier molecular flexibility index (Phi) is 3.04. The third kappa shape index (κ3) is 2.31. The molecule has 66 valence electrons. The Morgan fingerprint density at radius 3 is 2.92 bits per heavy atom. The Labute approximate surface area is 76.0 Å². The molecule has 0 aliphatic carbocycles. The minimum atomic E-state index is -0.145.